The third-order valence-corrected chi connectivity index (χ3v) is 3.47. The first-order chi connectivity index (χ1) is 9.39. The van der Waals surface area contributed by atoms with Gasteiger partial charge in [0.1, 0.15) is 11.6 Å². The van der Waals surface area contributed by atoms with Gasteiger partial charge in [-0.2, -0.15) is 0 Å². The molecule has 0 radical (unpaired) electrons. The summed E-state index contributed by atoms with van der Waals surface area (Å²) >= 11 is 5.75. The smallest absolute Gasteiger partial charge is 0.145 e. The van der Waals surface area contributed by atoms with Crippen LogP contribution >= 0.6 is 11.6 Å². The van der Waals surface area contributed by atoms with Crippen molar-refractivity contribution in [3.63, 3.8) is 0 Å². The van der Waals surface area contributed by atoms with Gasteiger partial charge in [0.05, 0.1) is 5.02 Å². The molecule has 0 aliphatic heterocycles. The highest BCUT2D eigenvalue weighted by atomic mass is 35.5. The number of hydrogen-bond acceptors (Lipinski definition) is 1. The maximum atomic E-state index is 13.9. The van der Waals surface area contributed by atoms with Gasteiger partial charge in [-0.3, -0.25) is 0 Å². The SMILES string of the molecule is CC(N)(Cc1ccccc1F)Cc1cccc(Cl)c1F. The van der Waals surface area contributed by atoms with Gasteiger partial charge < -0.3 is 5.73 Å². The lowest BCUT2D eigenvalue weighted by Gasteiger charge is -2.25. The molecule has 0 saturated heterocycles. The molecule has 0 heterocycles. The second-order valence-electron chi connectivity index (χ2n) is 5.31. The van der Waals surface area contributed by atoms with Gasteiger partial charge in [0.25, 0.3) is 0 Å². The zero-order valence-corrected chi connectivity index (χ0v) is 11.9. The Morgan fingerprint density at radius 3 is 2.30 bits per heavy atom. The van der Waals surface area contributed by atoms with E-state index in [4.69, 9.17) is 17.3 Å². The van der Waals surface area contributed by atoms with Crippen molar-refractivity contribution in [1.29, 1.82) is 0 Å². The molecule has 4 heteroatoms. The fourth-order valence-corrected chi connectivity index (χ4v) is 2.45. The Hall–Kier alpha value is -1.45. The highest BCUT2D eigenvalue weighted by Gasteiger charge is 2.23. The molecule has 0 aliphatic rings. The van der Waals surface area contributed by atoms with Crippen LogP contribution in [0.1, 0.15) is 18.1 Å². The maximum Gasteiger partial charge on any atom is 0.145 e. The van der Waals surface area contributed by atoms with Gasteiger partial charge in [0.2, 0.25) is 0 Å². The van der Waals surface area contributed by atoms with E-state index in [1.807, 2.05) is 0 Å². The van der Waals surface area contributed by atoms with Crippen LogP contribution in [0.15, 0.2) is 42.5 Å². The highest BCUT2D eigenvalue weighted by Crippen LogP contribution is 2.23. The predicted molar refractivity (Wildman–Crippen MR) is 77.8 cm³/mol. The second kappa shape index (κ2) is 5.90. The molecule has 2 aromatic rings. The molecule has 0 aromatic heterocycles. The van der Waals surface area contributed by atoms with Crippen molar-refractivity contribution in [3.05, 3.63) is 70.2 Å². The molecule has 0 bridgehead atoms. The third kappa shape index (κ3) is 3.56. The standard InChI is InChI=1S/C16H16ClF2N/c1-16(20,9-11-5-2-3-8-14(11)18)10-12-6-4-7-13(17)15(12)19/h2-8H,9-10,20H2,1H3. The van der Waals surface area contributed by atoms with Gasteiger partial charge in [-0.05, 0) is 43.0 Å². The van der Waals surface area contributed by atoms with Crippen LogP contribution in [-0.4, -0.2) is 5.54 Å². The van der Waals surface area contributed by atoms with E-state index >= 15 is 0 Å². The van der Waals surface area contributed by atoms with E-state index in [-0.39, 0.29) is 17.3 Å². The zero-order valence-electron chi connectivity index (χ0n) is 11.2. The van der Waals surface area contributed by atoms with Crippen molar-refractivity contribution in [2.75, 3.05) is 0 Å². The van der Waals surface area contributed by atoms with Gasteiger partial charge in [-0.25, -0.2) is 8.78 Å². The van der Waals surface area contributed by atoms with Crippen molar-refractivity contribution >= 4 is 11.6 Å². The van der Waals surface area contributed by atoms with Crippen LogP contribution in [0.3, 0.4) is 0 Å². The molecule has 106 valence electrons. The van der Waals surface area contributed by atoms with Crippen LogP contribution in [0, 0.1) is 11.6 Å². The Balaban J connectivity index is 2.19. The molecule has 0 fully saturated rings. The Bertz CT molecular complexity index is 611. The van der Waals surface area contributed by atoms with Gasteiger partial charge in [-0.1, -0.05) is 41.9 Å². The second-order valence-corrected chi connectivity index (χ2v) is 5.72. The number of rotatable bonds is 4. The number of benzene rings is 2. The fraction of sp³-hybridized carbons (Fsp3) is 0.250. The van der Waals surface area contributed by atoms with Gasteiger partial charge >= 0.3 is 0 Å². The quantitative estimate of drug-likeness (QED) is 0.902. The van der Waals surface area contributed by atoms with E-state index in [0.717, 1.165) is 0 Å². The molecule has 0 amide bonds. The van der Waals surface area contributed by atoms with Crippen LogP contribution in [0.5, 0.6) is 0 Å². The monoisotopic (exact) mass is 295 g/mol. The molecular formula is C16H16ClF2N. The number of nitrogens with two attached hydrogens (primary N) is 1. The first kappa shape index (κ1) is 14.9. The Morgan fingerprint density at radius 1 is 1.00 bits per heavy atom. The first-order valence-corrected chi connectivity index (χ1v) is 6.72. The summed E-state index contributed by atoms with van der Waals surface area (Å²) in [4.78, 5) is 0. The van der Waals surface area contributed by atoms with E-state index in [0.29, 0.717) is 17.5 Å². The van der Waals surface area contributed by atoms with E-state index in [2.05, 4.69) is 0 Å². The topological polar surface area (TPSA) is 26.0 Å². The summed E-state index contributed by atoms with van der Waals surface area (Å²) in [5.74, 6) is -0.755. The molecule has 1 nitrogen and oxygen atoms in total. The van der Waals surface area contributed by atoms with E-state index in [9.17, 15) is 8.78 Å². The maximum absolute atomic E-state index is 13.9. The molecule has 1 atom stereocenters. The van der Waals surface area contributed by atoms with Crippen molar-refractivity contribution < 1.29 is 8.78 Å². The minimum Gasteiger partial charge on any atom is -0.325 e. The van der Waals surface area contributed by atoms with Crippen LogP contribution < -0.4 is 5.73 Å². The molecule has 2 N–H and O–H groups in total. The summed E-state index contributed by atoms with van der Waals surface area (Å²) < 4.78 is 27.5. The molecule has 2 rings (SSSR count). The summed E-state index contributed by atoms with van der Waals surface area (Å²) in [6, 6.07) is 11.3. The summed E-state index contributed by atoms with van der Waals surface area (Å²) in [6.07, 6.45) is 0.610. The molecular weight excluding hydrogens is 280 g/mol. The van der Waals surface area contributed by atoms with E-state index in [1.54, 1.807) is 37.3 Å². The Kier molecular flexibility index (Phi) is 4.41. The minimum atomic E-state index is -0.756. The lowest BCUT2D eigenvalue weighted by Crippen LogP contribution is -2.41. The number of hydrogen-bond donors (Lipinski definition) is 1. The lowest BCUT2D eigenvalue weighted by atomic mass is 9.87. The average Bonchev–Trinajstić information content (AvgIpc) is 2.37. The Morgan fingerprint density at radius 2 is 1.60 bits per heavy atom. The van der Waals surface area contributed by atoms with Crippen molar-refractivity contribution in [3.8, 4) is 0 Å². The molecule has 2 aromatic carbocycles. The van der Waals surface area contributed by atoms with Gasteiger partial charge in [-0.15, -0.1) is 0 Å². The molecule has 0 spiro atoms. The number of halogens is 3. The van der Waals surface area contributed by atoms with Crippen LogP contribution in [-0.2, 0) is 12.8 Å². The van der Waals surface area contributed by atoms with Gasteiger partial charge in [0.15, 0.2) is 0 Å². The third-order valence-electron chi connectivity index (χ3n) is 3.18. The summed E-state index contributed by atoms with van der Waals surface area (Å²) in [6.45, 7) is 1.78. The fourth-order valence-electron chi connectivity index (χ4n) is 2.26. The van der Waals surface area contributed by atoms with E-state index in [1.165, 1.54) is 12.1 Å². The van der Waals surface area contributed by atoms with Crippen molar-refractivity contribution in [1.82, 2.24) is 0 Å². The van der Waals surface area contributed by atoms with Gasteiger partial charge in [0, 0.05) is 5.54 Å². The molecule has 20 heavy (non-hydrogen) atoms. The molecule has 1 unspecified atom stereocenters. The molecule has 0 saturated carbocycles. The normalized spacial score (nSPS) is 14.1. The average molecular weight is 296 g/mol. The van der Waals surface area contributed by atoms with Crippen LogP contribution in [0.2, 0.25) is 5.02 Å². The van der Waals surface area contributed by atoms with Crippen molar-refractivity contribution in [2.45, 2.75) is 25.3 Å². The molecule has 0 aliphatic carbocycles. The van der Waals surface area contributed by atoms with Crippen molar-refractivity contribution in [2.24, 2.45) is 5.73 Å². The minimum absolute atomic E-state index is 0.0733. The summed E-state index contributed by atoms with van der Waals surface area (Å²) in [7, 11) is 0. The summed E-state index contributed by atoms with van der Waals surface area (Å²) in [5.41, 5.74) is 6.41. The zero-order chi connectivity index (χ0) is 14.8. The lowest BCUT2D eigenvalue weighted by molar-refractivity contribution is 0.441. The van der Waals surface area contributed by atoms with E-state index < -0.39 is 11.4 Å². The predicted octanol–water partition coefficient (Wildman–Crippen LogP) is 4.12. The first-order valence-electron chi connectivity index (χ1n) is 6.34. The Labute approximate surface area is 122 Å². The van der Waals surface area contributed by atoms with Crippen LogP contribution in [0.4, 0.5) is 8.78 Å². The highest BCUT2D eigenvalue weighted by molar-refractivity contribution is 6.30. The van der Waals surface area contributed by atoms with Crippen LogP contribution in [0.25, 0.3) is 0 Å². The largest absolute Gasteiger partial charge is 0.325 e. The summed E-state index contributed by atoms with van der Waals surface area (Å²) in [5, 5.41) is 0.0733.